The molecule has 0 N–H and O–H groups in total. The summed E-state index contributed by atoms with van der Waals surface area (Å²) in [6.45, 7) is 2.19. The van der Waals surface area contributed by atoms with Gasteiger partial charge in [-0.2, -0.15) is 0 Å². The monoisotopic (exact) mass is 350 g/mol. The van der Waals surface area contributed by atoms with Gasteiger partial charge >= 0.3 is 7.37 Å². The summed E-state index contributed by atoms with van der Waals surface area (Å²) >= 11 is 0. The van der Waals surface area contributed by atoms with E-state index in [1.54, 1.807) is 0 Å². The van der Waals surface area contributed by atoms with Crippen molar-refractivity contribution in [2.75, 3.05) is 0 Å². The minimum Gasteiger partial charge on any atom is -0.437 e. The maximum atomic E-state index is 13.8. The molecule has 0 fully saturated rings. The molecule has 3 heteroatoms. The van der Waals surface area contributed by atoms with Crippen molar-refractivity contribution in [2.24, 2.45) is 0 Å². The molecule has 0 atom stereocenters. The van der Waals surface area contributed by atoms with Gasteiger partial charge in [0.2, 0.25) is 0 Å². The van der Waals surface area contributed by atoms with Crippen molar-refractivity contribution in [2.45, 2.75) is 26.2 Å². The molecule has 3 aromatic carbocycles. The Morgan fingerprint density at radius 1 is 0.760 bits per heavy atom. The lowest BCUT2D eigenvalue weighted by Gasteiger charge is -2.20. The van der Waals surface area contributed by atoms with Crippen LogP contribution in [0, 0.1) is 0 Å². The largest absolute Gasteiger partial charge is 0.437 e. The first kappa shape index (κ1) is 17.5. The lowest BCUT2D eigenvalue weighted by atomic mass is 10.1. The fraction of sp³-hybridized carbons (Fsp3) is 0.182. The van der Waals surface area contributed by atoms with Crippen LogP contribution in [-0.4, -0.2) is 0 Å². The van der Waals surface area contributed by atoms with Gasteiger partial charge in [-0.05, 0) is 54.8 Å². The SMILES string of the molecule is CCCCc1ccc(OP(=O)(c2ccccc2)c2ccccc2)cc1. The number of unbranched alkanes of at least 4 members (excludes halogenated alkanes) is 1. The number of hydrogen-bond acceptors (Lipinski definition) is 2. The quantitative estimate of drug-likeness (QED) is 0.538. The zero-order valence-electron chi connectivity index (χ0n) is 14.5. The van der Waals surface area contributed by atoms with Crippen molar-refractivity contribution in [1.29, 1.82) is 0 Å². The maximum Gasteiger partial charge on any atom is 0.306 e. The Bertz CT molecular complexity index is 783. The van der Waals surface area contributed by atoms with Crippen LogP contribution in [-0.2, 0) is 11.0 Å². The minimum absolute atomic E-state index is 0.635. The van der Waals surface area contributed by atoms with Gasteiger partial charge < -0.3 is 4.52 Å². The first-order valence-electron chi connectivity index (χ1n) is 8.72. The first-order valence-corrected chi connectivity index (χ1v) is 10.3. The van der Waals surface area contributed by atoms with E-state index in [-0.39, 0.29) is 0 Å². The zero-order chi connectivity index (χ0) is 17.5. The van der Waals surface area contributed by atoms with Crippen LogP contribution in [0.4, 0.5) is 0 Å². The highest BCUT2D eigenvalue weighted by molar-refractivity contribution is 7.74. The topological polar surface area (TPSA) is 26.3 Å². The average Bonchev–Trinajstić information content (AvgIpc) is 2.69. The molecule has 0 aliphatic rings. The van der Waals surface area contributed by atoms with Gasteiger partial charge in [-0.3, -0.25) is 4.57 Å². The lowest BCUT2D eigenvalue weighted by molar-refractivity contribution is 0.502. The summed E-state index contributed by atoms with van der Waals surface area (Å²) in [4.78, 5) is 0. The molecule has 3 rings (SSSR count). The summed E-state index contributed by atoms with van der Waals surface area (Å²) in [6, 6.07) is 26.8. The Morgan fingerprint density at radius 3 is 1.76 bits per heavy atom. The van der Waals surface area contributed by atoms with Crippen LogP contribution >= 0.6 is 7.37 Å². The fourth-order valence-corrected chi connectivity index (χ4v) is 4.81. The van der Waals surface area contributed by atoms with Crippen molar-refractivity contribution >= 4 is 18.0 Å². The number of hydrogen-bond donors (Lipinski definition) is 0. The van der Waals surface area contributed by atoms with Gasteiger partial charge in [0.1, 0.15) is 5.75 Å². The van der Waals surface area contributed by atoms with Crippen LogP contribution in [0.15, 0.2) is 84.9 Å². The van der Waals surface area contributed by atoms with E-state index in [2.05, 4.69) is 19.1 Å². The predicted molar refractivity (Wildman–Crippen MR) is 105 cm³/mol. The highest BCUT2D eigenvalue weighted by Gasteiger charge is 2.29. The predicted octanol–water partition coefficient (Wildman–Crippen LogP) is 5.34. The van der Waals surface area contributed by atoms with E-state index in [0.29, 0.717) is 16.4 Å². The smallest absolute Gasteiger partial charge is 0.306 e. The standard InChI is InChI=1S/C22H23O2P/c1-2-3-10-19-15-17-20(18-16-19)24-25(23,21-11-6-4-7-12-21)22-13-8-5-9-14-22/h4-9,11-18H,2-3,10H2,1H3. The average molecular weight is 350 g/mol. The summed E-state index contributed by atoms with van der Waals surface area (Å²) in [5.41, 5.74) is 1.28. The third-order valence-corrected chi connectivity index (χ3v) is 6.59. The molecule has 0 bridgehead atoms. The summed E-state index contributed by atoms with van der Waals surface area (Å²) < 4.78 is 19.9. The highest BCUT2D eigenvalue weighted by atomic mass is 31.2. The molecule has 2 nitrogen and oxygen atoms in total. The van der Waals surface area contributed by atoms with Crippen molar-refractivity contribution < 1.29 is 9.09 Å². The third kappa shape index (κ3) is 4.21. The molecule has 128 valence electrons. The molecular weight excluding hydrogens is 327 g/mol. The molecular formula is C22H23O2P. The van der Waals surface area contributed by atoms with Gasteiger partial charge in [-0.1, -0.05) is 61.9 Å². The molecule has 0 aliphatic carbocycles. The molecule has 25 heavy (non-hydrogen) atoms. The molecule has 0 heterocycles. The van der Waals surface area contributed by atoms with E-state index < -0.39 is 7.37 Å². The van der Waals surface area contributed by atoms with Crippen LogP contribution < -0.4 is 15.1 Å². The van der Waals surface area contributed by atoms with Gasteiger partial charge in [-0.15, -0.1) is 0 Å². The maximum absolute atomic E-state index is 13.8. The van der Waals surface area contributed by atoms with Crippen molar-refractivity contribution in [3.63, 3.8) is 0 Å². The second-order valence-electron chi connectivity index (χ2n) is 6.06. The normalized spacial score (nSPS) is 11.2. The molecule has 0 aliphatic heterocycles. The molecule has 0 radical (unpaired) electrons. The minimum atomic E-state index is -3.18. The van der Waals surface area contributed by atoms with E-state index in [4.69, 9.17) is 4.52 Å². The molecule has 0 saturated heterocycles. The molecule has 3 aromatic rings. The molecule has 0 aromatic heterocycles. The second-order valence-corrected chi connectivity index (χ2v) is 8.38. The summed E-state index contributed by atoms with van der Waals surface area (Å²) in [5.74, 6) is 0.635. The number of aryl methyl sites for hydroxylation is 1. The van der Waals surface area contributed by atoms with Crippen LogP contribution in [0.1, 0.15) is 25.3 Å². The molecule has 0 saturated carbocycles. The Balaban J connectivity index is 1.92. The Labute approximate surface area is 149 Å². The fourth-order valence-electron chi connectivity index (χ4n) is 2.75. The van der Waals surface area contributed by atoms with E-state index in [9.17, 15) is 4.57 Å². The van der Waals surface area contributed by atoms with Crippen molar-refractivity contribution in [3.8, 4) is 5.75 Å². The summed E-state index contributed by atoms with van der Waals surface area (Å²) in [5, 5.41) is 1.41. The second kappa shape index (κ2) is 8.18. The summed E-state index contributed by atoms with van der Waals surface area (Å²) in [6.07, 6.45) is 3.41. The van der Waals surface area contributed by atoms with E-state index >= 15 is 0 Å². The number of benzene rings is 3. The zero-order valence-corrected chi connectivity index (χ0v) is 15.4. The van der Waals surface area contributed by atoms with Gasteiger partial charge in [0.05, 0.1) is 10.6 Å². The van der Waals surface area contributed by atoms with Crippen LogP contribution in [0.3, 0.4) is 0 Å². The van der Waals surface area contributed by atoms with E-state index in [1.807, 2.05) is 72.8 Å². The van der Waals surface area contributed by atoms with Gasteiger partial charge in [0.15, 0.2) is 0 Å². The highest BCUT2D eigenvalue weighted by Crippen LogP contribution is 2.45. The Kier molecular flexibility index (Phi) is 5.73. The van der Waals surface area contributed by atoms with E-state index in [1.165, 1.54) is 18.4 Å². The lowest BCUT2D eigenvalue weighted by Crippen LogP contribution is -2.20. The van der Waals surface area contributed by atoms with E-state index in [0.717, 1.165) is 6.42 Å². The van der Waals surface area contributed by atoms with Crippen molar-refractivity contribution in [1.82, 2.24) is 0 Å². The molecule has 0 unspecified atom stereocenters. The Morgan fingerprint density at radius 2 is 1.28 bits per heavy atom. The Hall–Kier alpha value is -2.31. The van der Waals surface area contributed by atoms with Gasteiger partial charge in [0.25, 0.3) is 0 Å². The summed E-state index contributed by atoms with van der Waals surface area (Å²) in [7, 11) is -3.18. The van der Waals surface area contributed by atoms with Gasteiger partial charge in [0, 0.05) is 0 Å². The van der Waals surface area contributed by atoms with Crippen LogP contribution in [0.2, 0.25) is 0 Å². The first-order chi connectivity index (χ1) is 12.2. The van der Waals surface area contributed by atoms with Crippen molar-refractivity contribution in [3.05, 3.63) is 90.5 Å². The van der Waals surface area contributed by atoms with Crippen LogP contribution in [0.5, 0.6) is 5.75 Å². The third-order valence-electron chi connectivity index (χ3n) is 4.17. The molecule has 0 amide bonds. The van der Waals surface area contributed by atoms with Crippen LogP contribution in [0.25, 0.3) is 0 Å². The molecule has 0 spiro atoms. The number of rotatable bonds is 7. The van der Waals surface area contributed by atoms with Gasteiger partial charge in [-0.25, -0.2) is 0 Å².